The summed E-state index contributed by atoms with van der Waals surface area (Å²) in [4.78, 5) is 12.0. The lowest BCUT2D eigenvalue weighted by Crippen LogP contribution is -2.38. The van der Waals surface area contributed by atoms with Crippen LogP contribution in [-0.4, -0.2) is 17.3 Å². The predicted octanol–water partition coefficient (Wildman–Crippen LogP) is 4.59. The Balaban J connectivity index is 2.73. The Morgan fingerprint density at radius 1 is 1.53 bits per heavy atom. The average molecular weight is 359 g/mol. The number of hydrogen-bond donors (Lipinski definition) is 1. The number of carbonyl (C=O) groups excluding carboxylic acids is 1. The van der Waals surface area contributed by atoms with Crippen molar-refractivity contribution >= 4 is 56.4 Å². The normalized spacial score (nSPS) is 12.8. The van der Waals surface area contributed by atoms with Gasteiger partial charge in [-0.05, 0) is 18.4 Å². The van der Waals surface area contributed by atoms with Gasteiger partial charge in [-0.15, -0.1) is 11.3 Å². The highest BCUT2D eigenvalue weighted by Crippen LogP contribution is 2.31. The molecule has 0 aliphatic carbocycles. The Bertz CT molecular complexity index is 395. The van der Waals surface area contributed by atoms with Gasteiger partial charge in [0.1, 0.15) is 4.34 Å². The largest absolute Gasteiger partial charge is 0.349 e. The van der Waals surface area contributed by atoms with Crippen molar-refractivity contribution in [2.45, 2.75) is 26.3 Å². The van der Waals surface area contributed by atoms with Crippen molar-refractivity contribution < 1.29 is 4.79 Å². The molecule has 0 aliphatic heterocycles. The molecule has 96 valence electrons. The number of hydrogen-bond acceptors (Lipinski definition) is 2. The van der Waals surface area contributed by atoms with Crippen LogP contribution in [0, 0.1) is 5.92 Å². The van der Waals surface area contributed by atoms with Crippen LogP contribution in [0.3, 0.4) is 0 Å². The van der Waals surface area contributed by atoms with Crippen molar-refractivity contribution in [1.29, 1.82) is 0 Å². The average Bonchev–Trinajstić information content (AvgIpc) is 2.57. The first-order valence-electron chi connectivity index (χ1n) is 5.27. The third kappa shape index (κ3) is 4.43. The Hall–Kier alpha value is 0.230. The highest BCUT2D eigenvalue weighted by atomic mass is 79.9. The summed E-state index contributed by atoms with van der Waals surface area (Å²) in [5.41, 5.74) is 0.460. The smallest absolute Gasteiger partial charge is 0.253 e. The van der Waals surface area contributed by atoms with Crippen molar-refractivity contribution in [3.05, 3.63) is 20.3 Å². The summed E-state index contributed by atoms with van der Waals surface area (Å²) in [6, 6.07) is 1.74. The lowest BCUT2D eigenvalue weighted by atomic mass is 10.0. The van der Waals surface area contributed by atoms with Gasteiger partial charge in [-0.1, -0.05) is 53.0 Å². The van der Waals surface area contributed by atoms with Gasteiger partial charge in [0.15, 0.2) is 0 Å². The number of nitrogens with one attached hydrogen (secondary N) is 1. The molecular weight excluding hydrogens is 345 g/mol. The third-order valence-corrected chi connectivity index (χ3v) is 4.39. The van der Waals surface area contributed by atoms with Gasteiger partial charge in [0, 0.05) is 11.4 Å². The summed E-state index contributed by atoms with van der Waals surface area (Å²) < 4.78 is 0.968. The minimum absolute atomic E-state index is 0.136. The van der Waals surface area contributed by atoms with Crippen LogP contribution >= 0.6 is 50.5 Å². The number of carbonyl (C=O) groups is 1. The van der Waals surface area contributed by atoms with Gasteiger partial charge in [-0.2, -0.15) is 0 Å². The zero-order valence-electron chi connectivity index (χ0n) is 9.60. The maximum Gasteiger partial charge on any atom is 0.253 e. The Morgan fingerprint density at radius 2 is 2.18 bits per heavy atom. The van der Waals surface area contributed by atoms with Crippen LogP contribution in [0.4, 0.5) is 0 Å². The van der Waals surface area contributed by atoms with E-state index < -0.39 is 0 Å². The molecule has 1 aromatic heterocycles. The molecule has 1 unspecified atom stereocenters. The number of amides is 1. The van der Waals surface area contributed by atoms with E-state index in [1.807, 2.05) is 0 Å². The molecule has 0 aromatic carbocycles. The quantitative estimate of drug-likeness (QED) is 0.766. The molecule has 0 radical (unpaired) electrons. The van der Waals surface area contributed by atoms with Crippen molar-refractivity contribution in [2.24, 2.45) is 5.92 Å². The van der Waals surface area contributed by atoms with E-state index in [1.54, 1.807) is 6.07 Å². The molecule has 0 spiro atoms. The second-order valence-corrected chi connectivity index (χ2v) is 7.12. The molecule has 0 aliphatic rings. The first-order chi connectivity index (χ1) is 7.95. The fraction of sp³-hybridized carbons (Fsp3) is 0.545. The zero-order chi connectivity index (χ0) is 13.0. The van der Waals surface area contributed by atoms with Crippen LogP contribution < -0.4 is 5.32 Å². The first kappa shape index (κ1) is 15.3. The van der Waals surface area contributed by atoms with Gasteiger partial charge in [0.25, 0.3) is 5.91 Å². The molecule has 0 saturated heterocycles. The molecule has 0 saturated carbocycles. The fourth-order valence-electron chi connectivity index (χ4n) is 1.43. The van der Waals surface area contributed by atoms with E-state index >= 15 is 0 Å². The molecule has 0 fully saturated rings. The van der Waals surface area contributed by atoms with Crippen molar-refractivity contribution in [2.75, 3.05) is 5.33 Å². The lowest BCUT2D eigenvalue weighted by molar-refractivity contribution is 0.0925. The van der Waals surface area contributed by atoms with E-state index in [0.717, 1.165) is 11.8 Å². The van der Waals surface area contributed by atoms with Crippen molar-refractivity contribution in [3.63, 3.8) is 0 Å². The number of rotatable bonds is 5. The SMILES string of the molecule is CC(C)C(CCBr)NC(=O)c1cc(Cl)sc1Cl. The third-order valence-electron chi connectivity index (χ3n) is 2.44. The monoisotopic (exact) mass is 357 g/mol. The van der Waals surface area contributed by atoms with Gasteiger partial charge in [0.2, 0.25) is 0 Å². The van der Waals surface area contributed by atoms with E-state index in [2.05, 4.69) is 35.1 Å². The molecular formula is C11H14BrCl2NOS. The van der Waals surface area contributed by atoms with Crippen LogP contribution in [-0.2, 0) is 0 Å². The highest BCUT2D eigenvalue weighted by Gasteiger charge is 2.19. The molecule has 1 N–H and O–H groups in total. The van der Waals surface area contributed by atoms with Crippen LogP contribution in [0.15, 0.2) is 6.07 Å². The van der Waals surface area contributed by atoms with Crippen LogP contribution in [0.1, 0.15) is 30.6 Å². The maximum atomic E-state index is 12.0. The molecule has 1 aromatic rings. The van der Waals surface area contributed by atoms with Crippen LogP contribution in [0.5, 0.6) is 0 Å². The minimum Gasteiger partial charge on any atom is -0.349 e. The van der Waals surface area contributed by atoms with E-state index in [1.165, 1.54) is 11.3 Å². The maximum absolute atomic E-state index is 12.0. The molecule has 6 heteroatoms. The second kappa shape index (κ2) is 6.98. The molecule has 1 rings (SSSR count). The molecule has 17 heavy (non-hydrogen) atoms. The summed E-state index contributed by atoms with van der Waals surface area (Å²) in [7, 11) is 0. The number of alkyl halides is 1. The van der Waals surface area contributed by atoms with E-state index in [-0.39, 0.29) is 11.9 Å². The highest BCUT2D eigenvalue weighted by molar-refractivity contribution is 9.09. The first-order valence-corrected chi connectivity index (χ1v) is 7.96. The molecule has 1 amide bonds. The van der Waals surface area contributed by atoms with Gasteiger partial charge in [0.05, 0.1) is 9.90 Å². The van der Waals surface area contributed by atoms with E-state index in [9.17, 15) is 4.79 Å². The Kier molecular flexibility index (Phi) is 6.27. The summed E-state index contributed by atoms with van der Waals surface area (Å²) in [6.07, 6.45) is 0.888. The summed E-state index contributed by atoms with van der Waals surface area (Å²) in [5.74, 6) is 0.224. The summed E-state index contributed by atoms with van der Waals surface area (Å²) in [6.45, 7) is 4.16. The van der Waals surface area contributed by atoms with Gasteiger partial charge in [-0.3, -0.25) is 4.79 Å². The number of halogens is 3. The van der Waals surface area contributed by atoms with Crippen LogP contribution in [0.25, 0.3) is 0 Å². The lowest BCUT2D eigenvalue weighted by Gasteiger charge is -2.21. The molecule has 2 nitrogen and oxygen atoms in total. The Labute approximate surface area is 124 Å². The van der Waals surface area contributed by atoms with Crippen molar-refractivity contribution in [1.82, 2.24) is 5.32 Å². The van der Waals surface area contributed by atoms with Gasteiger partial charge in [-0.25, -0.2) is 0 Å². The van der Waals surface area contributed by atoms with Crippen LogP contribution in [0.2, 0.25) is 8.67 Å². The van der Waals surface area contributed by atoms with Gasteiger partial charge >= 0.3 is 0 Å². The number of thiophene rings is 1. The zero-order valence-corrected chi connectivity index (χ0v) is 13.5. The minimum atomic E-state index is -0.155. The fourth-order valence-corrected chi connectivity index (χ4v) is 3.38. The second-order valence-electron chi connectivity index (χ2n) is 4.04. The topological polar surface area (TPSA) is 29.1 Å². The Morgan fingerprint density at radius 3 is 2.59 bits per heavy atom. The predicted molar refractivity (Wildman–Crippen MR) is 78.8 cm³/mol. The standard InChI is InChI=1S/C11H14BrCl2NOS/c1-6(2)8(3-4-12)15-11(16)7-5-9(13)17-10(7)14/h5-6,8H,3-4H2,1-2H3,(H,15,16). The van der Waals surface area contributed by atoms with E-state index in [0.29, 0.717) is 20.2 Å². The van der Waals surface area contributed by atoms with E-state index in [4.69, 9.17) is 23.2 Å². The molecule has 0 bridgehead atoms. The van der Waals surface area contributed by atoms with Gasteiger partial charge < -0.3 is 5.32 Å². The summed E-state index contributed by atoms with van der Waals surface area (Å²) >= 11 is 16.4. The molecule has 1 atom stereocenters. The van der Waals surface area contributed by atoms with Crippen molar-refractivity contribution in [3.8, 4) is 0 Å². The molecule has 1 heterocycles. The summed E-state index contributed by atoms with van der Waals surface area (Å²) in [5, 5.41) is 3.84.